The largest absolute Gasteiger partial charge is 0.507 e. The monoisotopic (exact) mass is 269 g/mol. The number of phenols is 1. The van der Waals surface area contributed by atoms with Gasteiger partial charge in [-0.1, -0.05) is 24.3 Å². The lowest BCUT2D eigenvalue weighted by Gasteiger charge is -2.06. The summed E-state index contributed by atoms with van der Waals surface area (Å²) in [5, 5.41) is 16.3. The van der Waals surface area contributed by atoms with E-state index in [0.29, 0.717) is 11.1 Å². The number of aromatic hydroxyl groups is 1. The zero-order chi connectivity index (χ0) is 14.4. The van der Waals surface area contributed by atoms with Crippen LogP contribution in [0.3, 0.4) is 0 Å². The van der Waals surface area contributed by atoms with Crippen molar-refractivity contribution in [2.75, 3.05) is 12.4 Å². The Balaban J connectivity index is 2.07. The Labute approximate surface area is 117 Å². The first-order valence-corrected chi connectivity index (χ1v) is 6.10. The third kappa shape index (κ3) is 3.14. The third-order valence-electron chi connectivity index (χ3n) is 2.75. The maximum atomic E-state index is 12.0. The van der Waals surface area contributed by atoms with Gasteiger partial charge in [-0.3, -0.25) is 4.79 Å². The summed E-state index contributed by atoms with van der Waals surface area (Å²) < 4.78 is 0. The van der Waals surface area contributed by atoms with Gasteiger partial charge in [0.2, 0.25) is 0 Å². The predicted molar refractivity (Wildman–Crippen MR) is 79.2 cm³/mol. The number of amides is 1. The summed E-state index contributed by atoms with van der Waals surface area (Å²) in [5.41, 5.74) is 4.19. The van der Waals surface area contributed by atoms with E-state index in [0.717, 1.165) is 5.69 Å². The molecule has 20 heavy (non-hydrogen) atoms. The molecular formula is C15H15N3O2. The van der Waals surface area contributed by atoms with Crippen molar-refractivity contribution in [3.8, 4) is 5.75 Å². The highest BCUT2D eigenvalue weighted by Crippen LogP contribution is 2.14. The Morgan fingerprint density at radius 1 is 1.15 bits per heavy atom. The first-order valence-electron chi connectivity index (χ1n) is 6.10. The molecule has 5 nitrogen and oxygen atoms in total. The van der Waals surface area contributed by atoms with E-state index in [9.17, 15) is 9.90 Å². The molecule has 0 aromatic heterocycles. The van der Waals surface area contributed by atoms with Gasteiger partial charge >= 0.3 is 0 Å². The minimum atomic E-state index is -0.318. The molecule has 0 saturated carbocycles. The van der Waals surface area contributed by atoms with E-state index in [1.807, 2.05) is 12.1 Å². The lowest BCUT2D eigenvalue weighted by Crippen LogP contribution is -2.18. The fraction of sp³-hybridized carbons (Fsp3) is 0.0667. The fourth-order valence-corrected chi connectivity index (χ4v) is 1.72. The van der Waals surface area contributed by atoms with Crippen molar-refractivity contribution in [2.24, 2.45) is 5.10 Å². The van der Waals surface area contributed by atoms with Crippen molar-refractivity contribution < 1.29 is 9.90 Å². The highest BCUT2D eigenvalue weighted by Gasteiger charge is 2.08. The minimum absolute atomic E-state index is 0.112. The van der Waals surface area contributed by atoms with Crippen molar-refractivity contribution in [1.29, 1.82) is 0 Å². The predicted octanol–water partition coefficient (Wildman–Crippen LogP) is 2.20. The average Bonchev–Trinajstić information content (AvgIpc) is 2.49. The van der Waals surface area contributed by atoms with Gasteiger partial charge in [0, 0.05) is 18.3 Å². The van der Waals surface area contributed by atoms with Gasteiger partial charge in [-0.05, 0) is 24.3 Å². The Hall–Kier alpha value is -2.82. The van der Waals surface area contributed by atoms with Crippen molar-refractivity contribution >= 4 is 17.8 Å². The van der Waals surface area contributed by atoms with Crippen LogP contribution in [0.25, 0.3) is 0 Å². The molecule has 1 amide bonds. The van der Waals surface area contributed by atoms with Crippen LogP contribution in [0.5, 0.6) is 5.75 Å². The lowest BCUT2D eigenvalue weighted by molar-refractivity contribution is 0.0956. The van der Waals surface area contributed by atoms with Gasteiger partial charge in [0.15, 0.2) is 0 Å². The van der Waals surface area contributed by atoms with Crippen molar-refractivity contribution in [2.45, 2.75) is 0 Å². The topological polar surface area (TPSA) is 73.7 Å². The van der Waals surface area contributed by atoms with Gasteiger partial charge in [-0.2, -0.15) is 5.10 Å². The van der Waals surface area contributed by atoms with Gasteiger partial charge in [-0.15, -0.1) is 0 Å². The third-order valence-corrected chi connectivity index (χ3v) is 2.75. The molecule has 0 heterocycles. The molecule has 0 unspecified atom stereocenters. The first kappa shape index (κ1) is 13.6. The molecule has 5 heteroatoms. The number of anilines is 1. The summed E-state index contributed by atoms with van der Waals surface area (Å²) in [7, 11) is 1.75. The van der Waals surface area contributed by atoms with Crippen LogP contribution < -0.4 is 10.7 Å². The Bertz CT molecular complexity index is 639. The van der Waals surface area contributed by atoms with E-state index in [2.05, 4.69) is 15.8 Å². The van der Waals surface area contributed by atoms with Gasteiger partial charge < -0.3 is 10.4 Å². The van der Waals surface area contributed by atoms with Crippen LogP contribution in [-0.4, -0.2) is 24.3 Å². The summed E-state index contributed by atoms with van der Waals surface area (Å²) in [5.74, 6) is -0.206. The van der Waals surface area contributed by atoms with Crippen LogP contribution in [0, 0.1) is 0 Å². The summed E-state index contributed by atoms with van der Waals surface area (Å²) in [6.45, 7) is 0. The maximum Gasteiger partial charge on any atom is 0.273 e. The number of hydrazone groups is 1. The Morgan fingerprint density at radius 2 is 1.85 bits per heavy atom. The van der Waals surface area contributed by atoms with Gasteiger partial charge in [0.25, 0.3) is 5.91 Å². The quantitative estimate of drug-likeness (QED) is 0.588. The van der Waals surface area contributed by atoms with E-state index >= 15 is 0 Å². The Morgan fingerprint density at radius 3 is 2.60 bits per heavy atom. The summed E-state index contributed by atoms with van der Waals surface area (Å²) in [4.78, 5) is 12.0. The number of benzene rings is 2. The van der Waals surface area contributed by atoms with Crippen molar-refractivity contribution in [1.82, 2.24) is 5.43 Å². The second kappa shape index (κ2) is 6.38. The van der Waals surface area contributed by atoms with E-state index < -0.39 is 0 Å². The van der Waals surface area contributed by atoms with Crippen LogP contribution in [0.1, 0.15) is 15.9 Å². The van der Waals surface area contributed by atoms with Crippen molar-refractivity contribution in [3.05, 3.63) is 59.7 Å². The molecule has 0 aliphatic carbocycles. The number of carbonyl (C=O) groups excluding carboxylic acids is 1. The van der Waals surface area contributed by atoms with Crippen LogP contribution in [0.2, 0.25) is 0 Å². The molecule has 0 bridgehead atoms. The number of hydrogen-bond donors (Lipinski definition) is 3. The second-order valence-electron chi connectivity index (χ2n) is 4.05. The molecule has 0 atom stereocenters. The molecule has 3 N–H and O–H groups in total. The second-order valence-corrected chi connectivity index (χ2v) is 4.05. The molecule has 0 aliphatic heterocycles. The highest BCUT2D eigenvalue weighted by molar-refractivity contribution is 6.00. The van der Waals surface area contributed by atoms with Crippen LogP contribution >= 0.6 is 0 Å². The number of nitrogens with zero attached hydrogens (tertiary/aromatic N) is 1. The zero-order valence-corrected chi connectivity index (χ0v) is 11.0. The number of para-hydroxylation sites is 2. The standard InChI is InChI=1S/C15H15N3O2/c1-16-13-8-4-3-7-12(13)15(20)18-17-10-11-6-2-5-9-14(11)19/h2-10,16,19H,1H3,(H,18,20). The van der Waals surface area contributed by atoms with Gasteiger partial charge in [-0.25, -0.2) is 5.43 Å². The molecule has 0 saturated heterocycles. The smallest absolute Gasteiger partial charge is 0.273 e. The highest BCUT2D eigenvalue weighted by atomic mass is 16.3. The molecule has 2 aromatic rings. The zero-order valence-electron chi connectivity index (χ0n) is 11.0. The number of phenolic OH excluding ortho intramolecular Hbond substituents is 1. The van der Waals surface area contributed by atoms with E-state index in [4.69, 9.17) is 0 Å². The summed E-state index contributed by atoms with van der Waals surface area (Å²) in [6, 6.07) is 13.9. The van der Waals surface area contributed by atoms with Crippen LogP contribution in [0.15, 0.2) is 53.6 Å². The Kier molecular flexibility index (Phi) is 4.34. The first-order chi connectivity index (χ1) is 9.72. The molecule has 0 aliphatic rings. The summed E-state index contributed by atoms with van der Waals surface area (Å²) in [6.07, 6.45) is 1.40. The fourth-order valence-electron chi connectivity index (χ4n) is 1.72. The SMILES string of the molecule is CNc1ccccc1C(=O)NN=Cc1ccccc1O. The van der Waals surface area contributed by atoms with Gasteiger partial charge in [0.05, 0.1) is 11.8 Å². The van der Waals surface area contributed by atoms with E-state index in [1.165, 1.54) is 6.21 Å². The normalized spacial score (nSPS) is 10.4. The molecule has 2 rings (SSSR count). The molecular weight excluding hydrogens is 254 g/mol. The number of carbonyl (C=O) groups is 1. The minimum Gasteiger partial charge on any atom is -0.507 e. The average molecular weight is 269 g/mol. The van der Waals surface area contributed by atoms with Gasteiger partial charge in [0.1, 0.15) is 5.75 Å². The number of hydrogen-bond acceptors (Lipinski definition) is 4. The summed E-state index contributed by atoms with van der Waals surface area (Å²) >= 11 is 0. The maximum absolute atomic E-state index is 12.0. The molecule has 0 radical (unpaired) electrons. The van der Waals surface area contributed by atoms with Crippen LogP contribution in [-0.2, 0) is 0 Å². The number of rotatable bonds is 4. The van der Waals surface area contributed by atoms with E-state index in [1.54, 1.807) is 43.4 Å². The van der Waals surface area contributed by atoms with Crippen molar-refractivity contribution in [3.63, 3.8) is 0 Å². The lowest BCUT2D eigenvalue weighted by atomic mass is 10.1. The van der Waals surface area contributed by atoms with E-state index in [-0.39, 0.29) is 11.7 Å². The molecule has 2 aromatic carbocycles. The molecule has 0 spiro atoms. The molecule has 0 fully saturated rings. The number of nitrogens with one attached hydrogen (secondary N) is 2. The molecule has 102 valence electrons. The van der Waals surface area contributed by atoms with Crippen LogP contribution in [0.4, 0.5) is 5.69 Å².